The van der Waals surface area contributed by atoms with Crippen molar-refractivity contribution in [3.8, 4) is 0 Å². The molecule has 0 aliphatic rings. The molecule has 0 unspecified atom stereocenters. The minimum Gasteiger partial charge on any atom is -0.477 e. The summed E-state index contributed by atoms with van der Waals surface area (Å²) >= 11 is 1.93. The van der Waals surface area contributed by atoms with Crippen molar-refractivity contribution in [2.75, 3.05) is 4.72 Å². The van der Waals surface area contributed by atoms with E-state index in [1.165, 1.54) is 18.3 Å². The van der Waals surface area contributed by atoms with Gasteiger partial charge in [-0.05, 0) is 46.9 Å². The summed E-state index contributed by atoms with van der Waals surface area (Å²) < 4.78 is 53.7. The second-order valence-corrected chi connectivity index (χ2v) is 6.92. The molecule has 0 amide bonds. The average molecular weight is 440 g/mol. The summed E-state index contributed by atoms with van der Waals surface area (Å²) in [5, 5.41) is 8.31. The third-order valence-electron chi connectivity index (χ3n) is 2.48. The summed E-state index contributed by atoms with van der Waals surface area (Å²) in [6.45, 7) is 0. The highest BCUT2D eigenvalue weighted by Gasteiger charge is 2.21. The maximum Gasteiger partial charge on any atom is 0.341 e. The van der Waals surface area contributed by atoms with E-state index in [0.29, 0.717) is 15.7 Å². The molecule has 0 bridgehead atoms. The zero-order chi connectivity index (χ0) is 16.5. The van der Waals surface area contributed by atoms with E-state index in [2.05, 4.69) is 4.98 Å². The number of sulfonamides is 1. The van der Waals surface area contributed by atoms with E-state index < -0.39 is 38.9 Å². The van der Waals surface area contributed by atoms with Gasteiger partial charge in [0.2, 0.25) is 0 Å². The summed E-state index contributed by atoms with van der Waals surface area (Å²) in [6.07, 6.45) is 1.31. The normalized spacial score (nSPS) is 11.2. The van der Waals surface area contributed by atoms with E-state index in [9.17, 15) is 22.0 Å². The number of carboxylic acid groups (broad SMARTS) is 1. The second-order valence-electron chi connectivity index (χ2n) is 4.04. The van der Waals surface area contributed by atoms with Gasteiger partial charge in [-0.3, -0.25) is 4.72 Å². The van der Waals surface area contributed by atoms with Crippen LogP contribution in [-0.4, -0.2) is 24.5 Å². The van der Waals surface area contributed by atoms with Gasteiger partial charge >= 0.3 is 5.97 Å². The third-order valence-corrected chi connectivity index (χ3v) is 4.42. The minimum atomic E-state index is -4.14. The zero-order valence-electron chi connectivity index (χ0n) is 10.5. The molecule has 0 aliphatic heterocycles. The SMILES string of the molecule is O=C(O)c1c(F)cc(NS(=O)(=O)c2ccc(I)cn2)cc1F. The molecule has 0 atom stereocenters. The molecular formula is C12H7F2IN2O4S. The number of carboxylic acids is 1. The third kappa shape index (κ3) is 3.50. The maximum absolute atomic E-state index is 13.5. The Balaban J connectivity index is 2.38. The Morgan fingerprint density at radius 1 is 1.23 bits per heavy atom. The highest BCUT2D eigenvalue weighted by Crippen LogP contribution is 2.21. The molecule has 0 aliphatic carbocycles. The Hall–Kier alpha value is -1.82. The van der Waals surface area contributed by atoms with Gasteiger partial charge in [-0.1, -0.05) is 0 Å². The number of nitrogens with one attached hydrogen (secondary N) is 1. The number of pyridine rings is 1. The van der Waals surface area contributed by atoms with Crippen LogP contribution in [0.1, 0.15) is 10.4 Å². The number of hydrogen-bond donors (Lipinski definition) is 2. The van der Waals surface area contributed by atoms with Gasteiger partial charge in [-0.25, -0.2) is 18.6 Å². The van der Waals surface area contributed by atoms with Gasteiger partial charge in [0, 0.05) is 9.77 Å². The van der Waals surface area contributed by atoms with Crippen molar-refractivity contribution in [2.24, 2.45) is 0 Å². The molecule has 0 radical (unpaired) electrons. The predicted molar refractivity (Wildman–Crippen MR) is 81.1 cm³/mol. The van der Waals surface area contributed by atoms with E-state index in [4.69, 9.17) is 5.11 Å². The Morgan fingerprint density at radius 2 is 1.82 bits per heavy atom. The van der Waals surface area contributed by atoms with Crippen LogP contribution in [0.3, 0.4) is 0 Å². The number of nitrogens with zero attached hydrogens (tertiary/aromatic N) is 1. The van der Waals surface area contributed by atoms with Crippen molar-refractivity contribution in [2.45, 2.75) is 5.03 Å². The Labute approximate surface area is 137 Å². The van der Waals surface area contributed by atoms with Crippen LogP contribution in [0.4, 0.5) is 14.5 Å². The highest BCUT2D eigenvalue weighted by atomic mass is 127. The minimum absolute atomic E-state index is 0.337. The number of benzene rings is 1. The first-order valence-electron chi connectivity index (χ1n) is 5.57. The van der Waals surface area contributed by atoms with Crippen LogP contribution in [0.2, 0.25) is 0 Å². The van der Waals surface area contributed by atoms with Crippen molar-refractivity contribution in [3.63, 3.8) is 0 Å². The van der Waals surface area contributed by atoms with Crippen molar-refractivity contribution < 1.29 is 27.1 Å². The molecule has 0 spiro atoms. The quantitative estimate of drug-likeness (QED) is 0.713. The fourth-order valence-electron chi connectivity index (χ4n) is 1.57. The maximum atomic E-state index is 13.5. The van der Waals surface area contributed by atoms with Crippen molar-refractivity contribution in [3.05, 3.63) is 51.2 Å². The summed E-state index contributed by atoms with van der Waals surface area (Å²) in [6, 6.07) is 3.88. The molecule has 0 fully saturated rings. The first kappa shape index (κ1) is 16.5. The number of aromatic nitrogens is 1. The van der Waals surface area contributed by atoms with Crippen LogP contribution in [-0.2, 0) is 10.0 Å². The standard InChI is InChI=1S/C12H7F2IN2O4S/c13-8-3-7(4-9(14)11(8)12(18)19)17-22(20,21)10-2-1-6(15)5-16-10/h1-5,17H,(H,18,19). The van der Waals surface area contributed by atoms with Crippen LogP contribution in [0.5, 0.6) is 0 Å². The molecule has 0 saturated carbocycles. The molecule has 2 N–H and O–H groups in total. The van der Waals surface area contributed by atoms with Gasteiger partial charge < -0.3 is 5.11 Å². The smallest absolute Gasteiger partial charge is 0.341 e. The average Bonchev–Trinajstić information content (AvgIpc) is 2.37. The predicted octanol–water partition coefficient (Wildman–Crippen LogP) is 2.46. The van der Waals surface area contributed by atoms with Gasteiger partial charge in [0.15, 0.2) is 5.03 Å². The van der Waals surface area contributed by atoms with Gasteiger partial charge in [0.05, 0.1) is 5.69 Å². The number of carbonyl (C=O) groups is 1. The lowest BCUT2D eigenvalue weighted by Gasteiger charge is -2.09. The molecule has 1 aromatic carbocycles. The lowest BCUT2D eigenvalue weighted by molar-refractivity contribution is 0.0686. The molecule has 0 saturated heterocycles. The Morgan fingerprint density at radius 3 is 2.27 bits per heavy atom. The number of anilines is 1. The van der Waals surface area contributed by atoms with Gasteiger partial charge in [-0.15, -0.1) is 0 Å². The molecule has 2 aromatic rings. The monoisotopic (exact) mass is 440 g/mol. The Kier molecular flexibility index (Phi) is 4.60. The Bertz CT molecular complexity index is 818. The van der Waals surface area contributed by atoms with Gasteiger partial charge in [0.1, 0.15) is 17.2 Å². The zero-order valence-corrected chi connectivity index (χ0v) is 13.5. The van der Waals surface area contributed by atoms with Crippen LogP contribution < -0.4 is 4.72 Å². The van der Waals surface area contributed by atoms with Crippen molar-refractivity contribution >= 4 is 44.3 Å². The molecule has 6 nitrogen and oxygen atoms in total. The number of rotatable bonds is 4. The van der Waals surface area contributed by atoms with Gasteiger partial charge in [0.25, 0.3) is 10.0 Å². The summed E-state index contributed by atoms with van der Waals surface area (Å²) in [5.41, 5.74) is -1.60. The fraction of sp³-hybridized carbons (Fsp3) is 0. The highest BCUT2D eigenvalue weighted by molar-refractivity contribution is 14.1. The van der Waals surface area contributed by atoms with Crippen LogP contribution in [0.15, 0.2) is 35.5 Å². The first-order chi connectivity index (χ1) is 10.2. The molecule has 22 heavy (non-hydrogen) atoms. The lowest BCUT2D eigenvalue weighted by Crippen LogP contribution is -2.15. The topological polar surface area (TPSA) is 96.4 Å². The number of aromatic carboxylic acids is 1. The number of halogens is 3. The first-order valence-corrected chi connectivity index (χ1v) is 8.13. The molecule has 1 aromatic heterocycles. The molecule has 116 valence electrons. The van der Waals surface area contributed by atoms with Crippen molar-refractivity contribution in [1.82, 2.24) is 4.98 Å². The number of hydrogen-bond acceptors (Lipinski definition) is 4. The van der Waals surface area contributed by atoms with E-state index in [1.54, 1.807) is 0 Å². The van der Waals surface area contributed by atoms with E-state index >= 15 is 0 Å². The van der Waals surface area contributed by atoms with Crippen LogP contribution in [0.25, 0.3) is 0 Å². The second kappa shape index (κ2) is 6.12. The van der Waals surface area contributed by atoms with E-state index in [1.807, 2.05) is 27.3 Å². The fourth-order valence-corrected chi connectivity index (χ4v) is 2.86. The molecular weight excluding hydrogens is 433 g/mol. The van der Waals surface area contributed by atoms with Crippen molar-refractivity contribution in [1.29, 1.82) is 0 Å². The molecule has 1 heterocycles. The summed E-state index contributed by atoms with van der Waals surface area (Å²) in [7, 11) is -4.14. The molecule has 2 rings (SSSR count). The van der Waals surface area contributed by atoms with E-state index in [-0.39, 0.29) is 5.03 Å². The van der Waals surface area contributed by atoms with E-state index in [0.717, 1.165) is 0 Å². The van der Waals surface area contributed by atoms with Gasteiger partial charge in [-0.2, -0.15) is 8.42 Å². The van der Waals surface area contributed by atoms with Crippen LogP contribution in [0, 0.1) is 15.2 Å². The van der Waals surface area contributed by atoms with Crippen LogP contribution >= 0.6 is 22.6 Å². The summed E-state index contributed by atoms with van der Waals surface area (Å²) in [5.74, 6) is -4.56. The summed E-state index contributed by atoms with van der Waals surface area (Å²) in [4.78, 5) is 14.4. The molecule has 10 heteroatoms. The lowest BCUT2D eigenvalue weighted by atomic mass is 10.2. The largest absolute Gasteiger partial charge is 0.477 e.